The number of esters is 1. The van der Waals surface area contributed by atoms with Crippen LogP contribution in [0.15, 0.2) is 48.9 Å². The lowest BCUT2D eigenvalue weighted by atomic mass is 10.1. The van der Waals surface area contributed by atoms with E-state index in [9.17, 15) is 9.59 Å². The maximum absolute atomic E-state index is 13.0. The average molecular weight is 365 g/mol. The molecule has 8 heteroatoms. The van der Waals surface area contributed by atoms with Crippen molar-refractivity contribution in [2.24, 2.45) is 0 Å². The number of aromatic nitrogens is 3. The molecule has 0 aliphatic carbocycles. The van der Waals surface area contributed by atoms with Crippen LogP contribution in [0.25, 0.3) is 16.9 Å². The molecule has 0 radical (unpaired) electrons. The molecule has 1 unspecified atom stereocenters. The van der Waals surface area contributed by atoms with Gasteiger partial charge in [-0.15, -0.1) is 0 Å². The standard InChI is InChI=1S/C19H19N5O3/c1-27-19(26)16-11-20-7-8-23(16)18(25)13-9-15-17(21-10-13)24(12-22-15)14-5-3-2-4-6-14/h2-6,9-10,12,16,20H,7-8,11H2,1H3. The Labute approximate surface area is 155 Å². The Morgan fingerprint density at radius 1 is 1.22 bits per heavy atom. The number of hydrogen-bond acceptors (Lipinski definition) is 6. The highest BCUT2D eigenvalue weighted by molar-refractivity contribution is 5.98. The third kappa shape index (κ3) is 3.15. The second-order valence-electron chi connectivity index (χ2n) is 6.26. The molecule has 1 aromatic carbocycles. The Morgan fingerprint density at radius 3 is 2.81 bits per heavy atom. The van der Waals surface area contributed by atoms with E-state index < -0.39 is 12.0 Å². The number of pyridine rings is 1. The summed E-state index contributed by atoms with van der Waals surface area (Å²) in [7, 11) is 1.32. The minimum atomic E-state index is -0.645. The number of para-hydroxylation sites is 1. The van der Waals surface area contributed by atoms with E-state index in [1.54, 1.807) is 12.4 Å². The summed E-state index contributed by atoms with van der Waals surface area (Å²) >= 11 is 0. The lowest BCUT2D eigenvalue weighted by Gasteiger charge is -2.34. The number of carbonyl (C=O) groups is 2. The SMILES string of the molecule is COC(=O)C1CNCCN1C(=O)c1cnc2c(c1)ncn2-c1ccccc1. The van der Waals surface area contributed by atoms with Crippen molar-refractivity contribution in [3.8, 4) is 5.69 Å². The molecule has 27 heavy (non-hydrogen) atoms. The first-order valence-corrected chi connectivity index (χ1v) is 8.67. The van der Waals surface area contributed by atoms with Crippen molar-refractivity contribution in [2.45, 2.75) is 6.04 Å². The summed E-state index contributed by atoms with van der Waals surface area (Å²) < 4.78 is 6.69. The van der Waals surface area contributed by atoms with Crippen LogP contribution < -0.4 is 5.32 Å². The lowest BCUT2D eigenvalue weighted by Crippen LogP contribution is -2.57. The minimum Gasteiger partial charge on any atom is -0.467 e. The number of rotatable bonds is 3. The van der Waals surface area contributed by atoms with Gasteiger partial charge in [0.1, 0.15) is 17.9 Å². The van der Waals surface area contributed by atoms with E-state index in [0.29, 0.717) is 36.4 Å². The molecule has 0 saturated carbocycles. The highest BCUT2D eigenvalue weighted by Gasteiger charge is 2.33. The summed E-state index contributed by atoms with van der Waals surface area (Å²) in [6, 6.07) is 10.8. The van der Waals surface area contributed by atoms with Gasteiger partial charge in [-0.2, -0.15) is 0 Å². The van der Waals surface area contributed by atoms with Gasteiger partial charge in [-0.25, -0.2) is 14.8 Å². The van der Waals surface area contributed by atoms with Gasteiger partial charge in [0.2, 0.25) is 0 Å². The summed E-state index contributed by atoms with van der Waals surface area (Å²) in [5.41, 5.74) is 2.63. The molecular formula is C19H19N5O3. The van der Waals surface area contributed by atoms with Crippen LogP contribution in [0.2, 0.25) is 0 Å². The predicted molar refractivity (Wildman–Crippen MR) is 98.6 cm³/mol. The van der Waals surface area contributed by atoms with Gasteiger partial charge in [-0.3, -0.25) is 9.36 Å². The Balaban J connectivity index is 1.66. The summed E-state index contributed by atoms with van der Waals surface area (Å²) in [6.45, 7) is 1.42. The van der Waals surface area contributed by atoms with Crippen LogP contribution in [-0.2, 0) is 9.53 Å². The molecule has 2 aromatic heterocycles. The van der Waals surface area contributed by atoms with Gasteiger partial charge in [-0.1, -0.05) is 18.2 Å². The van der Waals surface area contributed by atoms with Crippen molar-refractivity contribution in [1.82, 2.24) is 24.8 Å². The van der Waals surface area contributed by atoms with Crippen LogP contribution in [-0.4, -0.2) is 64.1 Å². The van der Waals surface area contributed by atoms with Crippen LogP contribution in [0.4, 0.5) is 0 Å². The molecule has 1 saturated heterocycles. The first-order chi connectivity index (χ1) is 13.2. The summed E-state index contributed by atoms with van der Waals surface area (Å²) in [4.78, 5) is 35.3. The topological polar surface area (TPSA) is 89.3 Å². The average Bonchev–Trinajstić information content (AvgIpc) is 3.16. The third-order valence-electron chi connectivity index (χ3n) is 4.65. The van der Waals surface area contributed by atoms with Gasteiger partial charge in [0.25, 0.3) is 5.91 Å². The molecule has 1 fully saturated rings. The van der Waals surface area contributed by atoms with E-state index in [1.165, 1.54) is 18.2 Å². The number of carbonyl (C=O) groups excluding carboxylic acids is 2. The Bertz CT molecular complexity index is 985. The zero-order chi connectivity index (χ0) is 18.8. The number of nitrogens with zero attached hydrogens (tertiary/aromatic N) is 4. The molecule has 1 amide bonds. The predicted octanol–water partition coefficient (Wildman–Crippen LogP) is 1.01. The number of methoxy groups -OCH3 is 1. The summed E-state index contributed by atoms with van der Waals surface area (Å²) in [6.07, 6.45) is 3.21. The first kappa shape index (κ1) is 17.2. The van der Waals surface area contributed by atoms with E-state index in [0.717, 1.165) is 5.69 Å². The normalized spacial score (nSPS) is 17.1. The van der Waals surface area contributed by atoms with Crippen LogP contribution in [0, 0.1) is 0 Å². The number of ether oxygens (including phenoxy) is 1. The van der Waals surface area contributed by atoms with Crippen molar-refractivity contribution in [3.63, 3.8) is 0 Å². The van der Waals surface area contributed by atoms with E-state index in [4.69, 9.17) is 4.74 Å². The Morgan fingerprint density at radius 2 is 2.04 bits per heavy atom. The molecular weight excluding hydrogens is 346 g/mol. The maximum atomic E-state index is 13.0. The molecule has 3 aromatic rings. The van der Waals surface area contributed by atoms with Gasteiger partial charge in [-0.05, 0) is 18.2 Å². The van der Waals surface area contributed by atoms with Crippen LogP contribution in [0.3, 0.4) is 0 Å². The number of imidazole rings is 1. The Hall–Kier alpha value is -3.26. The minimum absolute atomic E-state index is 0.254. The molecule has 4 rings (SSSR count). The smallest absolute Gasteiger partial charge is 0.329 e. The van der Waals surface area contributed by atoms with E-state index in [-0.39, 0.29) is 5.91 Å². The van der Waals surface area contributed by atoms with Crippen molar-refractivity contribution < 1.29 is 14.3 Å². The molecule has 138 valence electrons. The van der Waals surface area contributed by atoms with Crippen molar-refractivity contribution in [2.75, 3.05) is 26.7 Å². The van der Waals surface area contributed by atoms with E-state index >= 15 is 0 Å². The van der Waals surface area contributed by atoms with Gasteiger partial charge < -0.3 is 15.0 Å². The molecule has 8 nitrogen and oxygen atoms in total. The van der Waals surface area contributed by atoms with Crippen LogP contribution in [0.5, 0.6) is 0 Å². The van der Waals surface area contributed by atoms with Crippen molar-refractivity contribution in [1.29, 1.82) is 0 Å². The quantitative estimate of drug-likeness (QED) is 0.697. The van der Waals surface area contributed by atoms with Gasteiger partial charge in [0, 0.05) is 31.5 Å². The lowest BCUT2D eigenvalue weighted by molar-refractivity contribution is -0.146. The fraction of sp³-hybridized carbons (Fsp3) is 0.263. The highest BCUT2D eigenvalue weighted by Crippen LogP contribution is 2.19. The zero-order valence-electron chi connectivity index (χ0n) is 14.8. The van der Waals surface area contributed by atoms with E-state index in [2.05, 4.69) is 15.3 Å². The first-order valence-electron chi connectivity index (χ1n) is 8.67. The fourth-order valence-corrected chi connectivity index (χ4v) is 3.26. The number of hydrogen-bond donors (Lipinski definition) is 1. The number of nitrogens with one attached hydrogen (secondary N) is 1. The maximum Gasteiger partial charge on any atom is 0.329 e. The highest BCUT2D eigenvalue weighted by atomic mass is 16.5. The second kappa shape index (κ2) is 7.16. The number of benzene rings is 1. The molecule has 1 atom stereocenters. The largest absolute Gasteiger partial charge is 0.467 e. The molecule has 1 aliphatic heterocycles. The monoisotopic (exact) mass is 365 g/mol. The Kier molecular flexibility index (Phi) is 4.55. The summed E-state index contributed by atoms with van der Waals surface area (Å²) in [5, 5.41) is 3.11. The molecule has 1 N–H and O–H groups in total. The molecule has 0 spiro atoms. The molecule has 1 aliphatic rings. The van der Waals surface area contributed by atoms with E-state index in [1.807, 2.05) is 34.9 Å². The number of piperazine rings is 1. The van der Waals surface area contributed by atoms with Gasteiger partial charge in [0.15, 0.2) is 5.65 Å². The second-order valence-corrected chi connectivity index (χ2v) is 6.26. The summed E-state index contributed by atoms with van der Waals surface area (Å²) in [5.74, 6) is -0.687. The van der Waals surface area contributed by atoms with Crippen LogP contribution >= 0.6 is 0 Å². The van der Waals surface area contributed by atoms with Crippen molar-refractivity contribution in [3.05, 3.63) is 54.5 Å². The number of fused-ring (bicyclic) bond motifs is 1. The van der Waals surface area contributed by atoms with Crippen LogP contribution in [0.1, 0.15) is 10.4 Å². The fourth-order valence-electron chi connectivity index (χ4n) is 3.26. The van der Waals surface area contributed by atoms with Gasteiger partial charge in [0.05, 0.1) is 12.7 Å². The van der Waals surface area contributed by atoms with Crippen molar-refractivity contribution >= 4 is 23.0 Å². The third-order valence-corrected chi connectivity index (χ3v) is 4.65. The molecule has 0 bridgehead atoms. The zero-order valence-corrected chi connectivity index (χ0v) is 14.8. The molecule has 3 heterocycles. The van der Waals surface area contributed by atoms with Gasteiger partial charge >= 0.3 is 5.97 Å². The number of amides is 1.